The van der Waals surface area contributed by atoms with Gasteiger partial charge in [0.2, 0.25) is 5.91 Å². The van der Waals surface area contributed by atoms with Gasteiger partial charge < -0.3 is 10.4 Å². The molecule has 0 aliphatic carbocycles. The van der Waals surface area contributed by atoms with Crippen LogP contribution in [0.5, 0.6) is 0 Å². The fraction of sp³-hybridized carbons (Fsp3) is 0.958. The molecule has 0 aromatic heterocycles. The molecule has 0 aliphatic rings. The minimum absolute atomic E-state index is 0.0602. The molecule has 0 bridgehead atoms. The topological polar surface area (TPSA) is 66.4 Å². The van der Waals surface area contributed by atoms with Crippen molar-refractivity contribution in [3.63, 3.8) is 0 Å². The van der Waals surface area contributed by atoms with Gasteiger partial charge in [-0.2, -0.15) is 0 Å². The highest BCUT2D eigenvalue weighted by molar-refractivity contribution is 5.78. The molecule has 0 saturated carbocycles. The van der Waals surface area contributed by atoms with E-state index in [2.05, 4.69) is 19.2 Å². The van der Waals surface area contributed by atoms with Crippen molar-refractivity contribution in [2.24, 2.45) is 0 Å². The van der Waals surface area contributed by atoms with Crippen LogP contribution in [-0.4, -0.2) is 29.4 Å². The predicted molar refractivity (Wildman–Crippen MR) is 229 cm³/mol. The Bertz CT molecular complexity index is 710. The number of rotatable bonds is 45. The Morgan fingerprint density at radius 2 is 0.615 bits per heavy atom. The number of amides is 1. The molecule has 0 heterocycles. The normalized spacial score (nSPS) is 12.1. The highest BCUT2D eigenvalue weighted by Gasteiger charge is 2.11. The molecule has 1 amide bonds. The summed E-state index contributed by atoms with van der Waals surface area (Å²) < 4.78 is 0. The molecule has 0 aromatic carbocycles. The molecule has 2 N–H and O–H groups in total. The Morgan fingerprint density at radius 1 is 0.365 bits per heavy atom. The summed E-state index contributed by atoms with van der Waals surface area (Å²) >= 11 is 0. The van der Waals surface area contributed by atoms with Gasteiger partial charge in [0.05, 0.1) is 12.6 Å². The lowest BCUT2D eigenvalue weighted by molar-refractivity contribution is -0.122. The van der Waals surface area contributed by atoms with Crippen molar-refractivity contribution in [2.45, 2.75) is 290 Å². The molecule has 0 radical (unpaired) electrons. The third-order valence-electron chi connectivity index (χ3n) is 11.4. The minimum Gasteiger partial charge on any atom is -0.394 e. The second kappa shape index (κ2) is 44.5. The number of hydrogen-bond acceptors (Lipinski definition) is 3. The zero-order valence-electron chi connectivity index (χ0n) is 35.7. The van der Waals surface area contributed by atoms with Crippen LogP contribution in [0.2, 0.25) is 0 Å². The summed E-state index contributed by atoms with van der Waals surface area (Å²) in [6.07, 6.45) is 53.1. The summed E-state index contributed by atoms with van der Waals surface area (Å²) in [5.41, 5.74) is 0. The number of carbonyl (C=O) groups is 2. The van der Waals surface area contributed by atoms with Crippen molar-refractivity contribution in [2.75, 3.05) is 6.61 Å². The molecule has 0 rings (SSSR count). The van der Waals surface area contributed by atoms with E-state index in [1.165, 1.54) is 212 Å². The van der Waals surface area contributed by atoms with Crippen LogP contribution in [0.15, 0.2) is 0 Å². The number of nitrogens with one attached hydrogen (secondary N) is 1. The number of hydrogen-bond donors (Lipinski definition) is 2. The van der Waals surface area contributed by atoms with E-state index in [9.17, 15) is 14.7 Å². The molecular formula is C48H95NO3. The fourth-order valence-corrected chi connectivity index (χ4v) is 7.76. The average molecular weight is 734 g/mol. The van der Waals surface area contributed by atoms with Gasteiger partial charge in [-0.15, -0.1) is 0 Å². The number of carbonyl (C=O) groups excluding carboxylic acids is 2. The highest BCUT2D eigenvalue weighted by atomic mass is 16.3. The first kappa shape index (κ1) is 51.1. The van der Waals surface area contributed by atoms with E-state index in [0.717, 1.165) is 51.4 Å². The Labute approximate surface area is 327 Å². The third-order valence-corrected chi connectivity index (χ3v) is 11.4. The van der Waals surface area contributed by atoms with Crippen LogP contribution in [0.4, 0.5) is 0 Å². The van der Waals surface area contributed by atoms with E-state index in [0.29, 0.717) is 12.2 Å². The van der Waals surface area contributed by atoms with Gasteiger partial charge in [0.1, 0.15) is 5.78 Å². The lowest BCUT2D eigenvalue weighted by Crippen LogP contribution is -2.37. The maximum Gasteiger partial charge on any atom is 0.220 e. The van der Waals surface area contributed by atoms with Crippen LogP contribution in [0.3, 0.4) is 0 Å². The molecule has 0 saturated heterocycles. The van der Waals surface area contributed by atoms with Gasteiger partial charge in [0, 0.05) is 19.3 Å². The van der Waals surface area contributed by atoms with Crippen molar-refractivity contribution >= 4 is 11.7 Å². The van der Waals surface area contributed by atoms with Gasteiger partial charge in [0.15, 0.2) is 0 Å². The zero-order chi connectivity index (χ0) is 37.8. The summed E-state index contributed by atoms with van der Waals surface area (Å²) in [6, 6.07) is -0.0667. The van der Waals surface area contributed by atoms with E-state index in [4.69, 9.17) is 0 Å². The maximum atomic E-state index is 12.4. The van der Waals surface area contributed by atoms with E-state index in [1.807, 2.05) is 0 Å². The summed E-state index contributed by atoms with van der Waals surface area (Å²) in [7, 11) is 0. The zero-order valence-corrected chi connectivity index (χ0v) is 35.7. The Balaban J connectivity index is 3.37. The van der Waals surface area contributed by atoms with Gasteiger partial charge in [0.25, 0.3) is 0 Å². The molecule has 310 valence electrons. The monoisotopic (exact) mass is 734 g/mol. The first-order valence-corrected chi connectivity index (χ1v) is 24.1. The predicted octanol–water partition coefficient (Wildman–Crippen LogP) is 15.5. The van der Waals surface area contributed by atoms with Crippen LogP contribution in [0, 0.1) is 0 Å². The van der Waals surface area contributed by atoms with Gasteiger partial charge in [-0.05, 0) is 25.7 Å². The smallest absolute Gasteiger partial charge is 0.220 e. The van der Waals surface area contributed by atoms with Crippen molar-refractivity contribution in [3.05, 3.63) is 0 Å². The van der Waals surface area contributed by atoms with E-state index < -0.39 is 0 Å². The second-order valence-corrected chi connectivity index (χ2v) is 16.8. The van der Waals surface area contributed by atoms with Crippen molar-refractivity contribution in [1.29, 1.82) is 0 Å². The number of aliphatic hydroxyl groups excluding tert-OH is 1. The van der Waals surface area contributed by atoms with Gasteiger partial charge >= 0.3 is 0 Å². The standard InChI is InChI=1S/C48H95NO3/c1-3-5-7-9-11-13-15-16-18-22-25-29-33-37-41-46(45-50)49-48(52)44-40-36-32-28-24-20-17-19-23-27-31-35-39-43-47(51)42-38-34-30-26-21-14-12-10-8-6-4-2/h46,50H,3-45H2,1-2H3,(H,49,52). The second-order valence-electron chi connectivity index (χ2n) is 16.8. The Morgan fingerprint density at radius 3 is 0.904 bits per heavy atom. The summed E-state index contributed by atoms with van der Waals surface area (Å²) in [4.78, 5) is 24.6. The van der Waals surface area contributed by atoms with Gasteiger partial charge in [-0.25, -0.2) is 0 Å². The van der Waals surface area contributed by atoms with Gasteiger partial charge in [-0.1, -0.05) is 239 Å². The van der Waals surface area contributed by atoms with Crippen LogP contribution in [0.25, 0.3) is 0 Å². The fourth-order valence-electron chi connectivity index (χ4n) is 7.76. The summed E-state index contributed by atoms with van der Waals surface area (Å²) in [5, 5.41) is 12.8. The number of ketones is 1. The van der Waals surface area contributed by atoms with Crippen molar-refractivity contribution in [1.82, 2.24) is 5.32 Å². The molecule has 4 heteroatoms. The van der Waals surface area contributed by atoms with Crippen LogP contribution >= 0.6 is 0 Å². The lowest BCUT2D eigenvalue weighted by Gasteiger charge is -2.16. The molecule has 4 nitrogen and oxygen atoms in total. The van der Waals surface area contributed by atoms with Gasteiger partial charge in [-0.3, -0.25) is 9.59 Å². The van der Waals surface area contributed by atoms with E-state index >= 15 is 0 Å². The Kier molecular flexibility index (Phi) is 43.7. The molecule has 1 atom stereocenters. The number of unbranched alkanes of at least 4 members (excludes halogenated alkanes) is 35. The molecule has 52 heavy (non-hydrogen) atoms. The van der Waals surface area contributed by atoms with Crippen LogP contribution in [0.1, 0.15) is 284 Å². The molecule has 0 fully saturated rings. The molecular weight excluding hydrogens is 639 g/mol. The highest BCUT2D eigenvalue weighted by Crippen LogP contribution is 2.17. The van der Waals surface area contributed by atoms with Crippen molar-refractivity contribution < 1.29 is 14.7 Å². The molecule has 0 aliphatic heterocycles. The lowest BCUT2D eigenvalue weighted by atomic mass is 10.0. The molecule has 0 aromatic rings. The number of aliphatic hydroxyl groups is 1. The first-order chi connectivity index (χ1) is 25.6. The average Bonchev–Trinajstić information content (AvgIpc) is 3.15. The SMILES string of the molecule is CCCCCCCCCCCCCCCCC(CO)NC(=O)CCCCCCCCCCCCCCCC(=O)CCCCCCCCCCCCC. The van der Waals surface area contributed by atoms with Crippen LogP contribution < -0.4 is 5.32 Å². The third kappa shape index (κ3) is 41.9. The quantitative estimate of drug-likeness (QED) is 0.0612. The van der Waals surface area contributed by atoms with Crippen LogP contribution in [-0.2, 0) is 9.59 Å². The molecule has 0 spiro atoms. The van der Waals surface area contributed by atoms with E-state index in [1.54, 1.807) is 0 Å². The first-order valence-electron chi connectivity index (χ1n) is 24.1. The summed E-state index contributed by atoms with van der Waals surface area (Å²) in [6.45, 7) is 4.62. The summed E-state index contributed by atoms with van der Waals surface area (Å²) in [5.74, 6) is 0.621. The largest absolute Gasteiger partial charge is 0.394 e. The van der Waals surface area contributed by atoms with E-state index in [-0.39, 0.29) is 18.6 Å². The Hall–Kier alpha value is -0.900. The minimum atomic E-state index is -0.0667. The number of Topliss-reactive ketones (excluding diaryl/α,β-unsaturated/α-hetero) is 1. The molecule has 1 unspecified atom stereocenters. The van der Waals surface area contributed by atoms with Crippen molar-refractivity contribution in [3.8, 4) is 0 Å². The maximum absolute atomic E-state index is 12.4.